The molecule has 0 aliphatic rings. The Hall–Kier alpha value is -1.30. The number of hydrogen-bond acceptors (Lipinski definition) is 11. The largest absolute Gasteiger partial charge is 0.463 e. The maximum Gasteiger partial charge on any atom is 0.309 e. The van der Waals surface area contributed by atoms with Crippen molar-refractivity contribution in [3.8, 4) is 0 Å². The summed E-state index contributed by atoms with van der Waals surface area (Å²) in [4.78, 5) is 48.0. The number of esters is 3. The third-order valence-electron chi connectivity index (χ3n) is 4.26. The third-order valence-corrected chi connectivity index (χ3v) is 6.30. The first-order chi connectivity index (χ1) is 15.3. The molecule has 9 nitrogen and oxygen atoms in total. The number of aliphatic hydroxyl groups excluding tert-OH is 1. The summed E-state index contributed by atoms with van der Waals surface area (Å²) in [5, 5.41) is 8.69. The molecule has 2 atom stereocenters. The number of carbonyl (C=O) groups excluding carboxylic acids is 4. The molecule has 1 N–H and O–H groups in total. The van der Waals surface area contributed by atoms with Crippen molar-refractivity contribution < 1.29 is 38.5 Å². The van der Waals surface area contributed by atoms with Gasteiger partial charge < -0.3 is 29.0 Å². The molecule has 0 aromatic rings. The molecule has 0 saturated heterocycles. The van der Waals surface area contributed by atoms with Crippen LogP contribution < -0.4 is 0 Å². The topological polar surface area (TPSA) is 119 Å². The Morgan fingerprint density at radius 2 is 1.56 bits per heavy atom. The summed E-state index contributed by atoms with van der Waals surface area (Å²) < 4.78 is 15.1. The fourth-order valence-electron chi connectivity index (χ4n) is 2.46. The quantitative estimate of drug-likeness (QED) is 0.114. The first-order valence-electron chi connectivity index (χ1n) is 10.7. The second-order valence-electron chi connectivity index (χ2n) is 7.16. The van der Waals surface area contributed by atoms with Gasteiger partial charge in [-0.05, 0) is 6.26 Å². The fourth-order valence-corrected chi connectivity index (χ4v) is 4.14. The summed E-state index contributed by atoms with van der Waals surface area (Å²) in [5.74, 6) is 0.502. The predicted molar refractivity (Wildman–Crippen MR) is 126 cm³/mol. The molecular formula is C21H37NO8S2. The van der Waals surface area contributed by atoms with Gasteiger partial charge in [0.1, 0.15) is 26.1 Å². The second kappa shape index (κ2) is 20.3. The third kappa shape index (κ3) is 16.3. The lowest BCUT2D eigenvalue weighted by molar-refractivity contribution is -0.154. The molecule has 0 aliphatic carbocycles. The SMILES string of the molecule is CSCC(C)C(=O)OCCOC(=O)CCN(CCC=O)CCSCC(C)C(=O)OCCO. The normalized spacial score (nSPS) is 12.8. The standard InChI is InChI=1S/C21H37NO8S2/c1-17(15-31-3)20(26)30-13-12-28-19(25)5-7-22(6-4-9-23)8-14-32-16-18(2)21(27)29-11-10-24/h9,17-18,24H,4-8,10-16H2,1-3H3. The van der Waals surface area contributed by atoms with Crippen LogP contribution in [0.5, 0.6) is 0 Å². The number of ether oxygens (including phenoxy) is 3. The zero-order valence-electron chi connectivity index (χ0n) is 19.3. The number of carbonyl (C=O) groups is 4. The summed E-state index contributed by atoms with van der Waals surface area (Å²) in [7, 11) is 0. The number of rotatable bonds is 20. The first-order valence-corrected chi connectivity index (χ1v) is 13.2. The van der Waals surface area contributed by atoms with Crippen LogP contribution in [0.1, 0.15) is 26.7 Å². The zero-order valence-corrected chi connectivity index (χ0v) is 20.9. The Bertz CT molecular complexity index is 550. The molecule has 32 heavy (non-hydrogen) atoms. The Kier molecular flexibility index (Phi) is 19.5. The van der Waals surface area contributed by atoms with Gasteiger partial charge in [-0.1, -0.05) is 13.8 Å². The molecule has 0 bridgehead atoms. The van der Waals surface area contributed by atoms with E-state index in [1.807, 2.05) is 11.2 Å². The Labute approximate surface area is 199 Å². The highest BCUT2D eigenvalue weighted by Gasteiger charge is 2.16. The number of aldehydes is 1. The predicted octanol–water partition coefficient (Wildman–Crippen LogP) is 1.26. The van der Waals surface area contributed by atoms with Gasteiger partial charge in [0.2, 0.25) is 0 Å². The molecule has 0 aromatic heterocycles. The second-order valence-corrected chi connectivity index (χ2v) is 9.22. The van der Waals surface area contributed by atoms with E-state index in [4.69, 9.17) is 19.3 Å². The van der Waals surface area contributed by atoms with E-state index in [2.05, 4.69) is 0 Å². The molecule has 0 fully saturated rings. The number of thioether (sulfide) groups is 2. The van der Waals surface area contributed by atoms with E-state index in [1.165, 1.54) is 0 Å². The summed E-state index contributed by atoms with van der Waals surface area (Å²) in [5.41, 5.74) is 0. The van der Waals surface area contributed by atoms with Crippen LogP contribution in [-0.2, 0) is 33.4 Å². The van der Waals surface area contributed by atoms with Crippen LogP contribution in [0.2, 0.25) is 0 Å². The molecule has 0 heterocycles. The van der Waals surface area contributed by atoms with Crippen LogP contribution in [0.4, 0.5) is 0 Å². The van der Waals surface area contributed by atoms with Crippen molar-refractivity contribution in [3.63, 3.8) is 0 Å². The van der Waals surface area contributed by atoms with E-state index in [1.54, 1.807) is 37.4 Å². The zero-order chi connectivity index (χ0) is 24.2. The van der Waals surface area contributed by atoms with Crippen LogP contribution in [0, 0.1) is 11.8 Å². The van der Waals surface area contributed by atoms with Crippen molar-refractivity contribution in [2.45, 2.75) is 26.7 Å². The van der Waals surface area contributed by atoms with Crippen LogP contribution in [0.25, 0.3) is 0 Å². The summed E-state index contributed by atoms with van der Waals surface area (Å²) in [6, 6.07) is 0. The molecule has 186 valence electrons. The minimum absolute atomic E-state index is 0.00296. The minimum atomic E-state index is -0.387. The number of nitrogens with zero attached hydrogens (tertiary/aromatic N) is 1. The number of aliphatic hydroxyl groups is 1. The van der Waals surface area contributed by atoms with Gasteiger partial charge in [-0.25, -0.2) is 0 Å². The van der Waals surface area contributed by atoms with Gasteiger partial charge in [0.05, 0.1) is 24.9 Å². The highest BCUT2D eigenvalue weighted by Crippen LogP contribution is 2.11. The van der Waals surface area contributed by atoms with Crippen molar-refractivity contribution in [3.05, 3.63) is 0 Å². The highest BCUT2D eigenvalue weighted by atomic mass is 32.2. The van der Waals surface area contributed by atoms with Crippen LogP contribution >= 0.6 is 23.5 Å². The van der Waals surface area contributed by atoms with Crippen molar-refractivity contribution in [1.29, 1.82) is 0 Å². The van der Waals surface area contributed by atoms with Crippen molar-refractivity contribution >= 4 is 47.7 Å². The summed E-state index contributed by atoms with van der Waals surface area (Å²) >= 11 is 3.15. The lowest BCUT2D eigenvalue weighted by Crippen LogP contribution is -2.31. The van der Waals surface area contributed by atoms with Gasteiger partial charge in [0.25, 0.3) is 0 Å². The van der Waals surface area contributed by atoms with E-state index >= 15 is 0 Å². The summed E-state index contributed by atoms with van der Waals surface area (Å²) in [6.07, 6.45) is 3.29. The first kappa shape index (κ1) is 30.7. The Morgan fingerprint density at radius 3 is 2.19 bits per heavy atom. The van der Waals surface area contributed by atoms with Crippen molar-refractivity contribution in [2.75, 3.05) is 69.6 Å². The number of hydrogen-bond donors (Lipinski definition) is 1. The lowest BCUT2D eigenvalue weighted by Gasteiger charge is -2.21. The van der Waals surface area contributed by atoms with Gasteiger partial charge in [-0.2, -0.15) is 23.5 Å². The van der Waals surface area contributed by atoms with Gasteiger partial charge in [-0.3, -0.25) is 14.4 Å². The van der Waals surface area contributed by atoms with Crippen LogP contribution in [0.15, 0.2) is 0 Å². The van der Waals surface area contributed by atoms with Crippen LogP contribution in [-0.4, -0.2) is 104 Å². The van der Waals surface area contributed by atoms with Gasteiger partial charge in [-0.15, -0.1) is 0 Å². The molecule has 0 spiro atoms. The molecule has 0 saturated carbocycles. The van der Waals surface area contributed by atoms with E-state index in [0.717, 1.165) is 12.0 Å². The lowest BCUT2D eigenvalue weighted by atomic mass is 10.2. The van der Waals surface area contributed by atoms with Gasteiger partial charge in [0, 0.05) is 43.3 Å². The molecule has 0 radical (unpaired) electrons. The average Bonchev–Trinajstić information content (AvgIpc) is 2.78. The molecule has 0 rings (SSSR count). The van der Waals surface area contributed by atoms with Crippen molar-refractivity contribution in [1.82, 2.24) is 4.90 Å². The van der Waals surface area contributed by atoms with Gasteiger partial charge in [0.15, 0.2) is 0 Å². The fraction of sp³-hybridized carbons (Fsp3) is 0.810. The van der Waals surface area contributed by atoms with E-state index < -0.39 is 0 Å². The van der Waals surface area contributed by atoms with E-state index in [0.29, 0.717) is 37.6 Å². The maximum atomic E-state index is 11.9. The molecular weight excluding hydrogens is 458 g/mol. The van der Waals surface area contributed by atoms with Crippen LogP contribution in [0.3, 0.4) is 0 Å². The molecule has 0 aromatic carbocycles. The molecule has 0 aliphatic heterocycles. The molecule has 11 heteroatoms. The van der Waals surface area contributed by atoms with E-state index in [9.17, 15) is 19.2 Å². The highest BCUT2D eigenvalue weighted by molar-refractivity contribution is 7.99. The van der Waals surface area contributed by atoms with Crippen molar-refractivity contribution in [2.24, 2.45) is 11.8 Å². The van der Waals surface area contributed by atoms with Gasteiger partial charge >= 0.3 is 17.9 Å². The maximum absolute atomic E-state index is 11.9. The molecule has 0 amide bonds. The average molecular weight is 496 g/mol. The Balaban J connectivity index is 4.11. The Morgan fingerprint density at radius 1 is 0.938 bits per heavy atom. The molecule has 2 unspecified atom stereocenters. The summed E-state index contributed by atoms with van der Waals surface area (Å²) in [6.45, 7) is 5.08. The van der Waals surface area contributed by atoms with E-state index in [-0.39, 0.29) is 62.6 Å². The minimum Gasteiger partial charge on any atom is -0.463 e. The smallest absolute Gasteiger partial charge is 0.309 e. The monoisotopic (exact) mass is 495 g/mol.